The maximum Gasteiger partial charge on any atom is 0.343 e. The summed E-state index contributed by atoms with van der Waals surface area (Å²) in [6.45, 7) is 5.03. The van der Waals surface area contributed by atoms with E-state index in [0.29, 0.717) is 17.9 Å². The van der Waals surface area contributed by atoms with E-state index in [-0.39, 0.29) is 5.97 Å². The highest BCUT2D eigenvalue weighted by Gasteiger charge is 2.09. The number of rotatable bonds is 10. The molecule has 0 saturated carbocycles. The van der Waals surface area contributed by atoms with Crippen molar-refractivity contribution in [2.24, 2.45) is 0 Å². The van der Waals surface area contributed by atoms with Crippen LogP contribution in [0.25, 0.3) is 11.1 Å². The number of esters is 1. The third kappa shape index (κ3) is 6.21. The Balaban J connectivity index is 1.58. The average molecular weight is 403 g/mol. The lowest BCUT2D eigenvalue weighted by atomic mass is 10.0. The van der Waals surface area contributed by atoms with Gasteiger partial charge in [-0.05, 0) is 72.4 Å². The van der Waals surface area contributed by atoms with Gasteiger partial charge >= 0.3 is 5.97 Å². The molecule has 0 amide bonds. The van der Waals surface area contributed by atoms with E-state index in [1.165, 1.54) is 18.4 Å². The number of carbonyl (C=O) groups is 1. The fourth-order valence-electron chi connectivity index (χ4n) is 3.15. The van der Waals surface area contributed by atoms with Gasteiger partial charge in [0.05, 0.1) is 12.2 Å². The SMILES string of the molecule is CCCCOc1ccc(OC(=O)c2ccc(-c3ccc(CCCC)cc3)cc2)cc1. The Labute approximate surface area is 179 Å². The van der Waals surface area contributed by atoms with E-state index in [0.717, 1.165) is 36.1 Å². The van der Waals surface area contributed by atoms with Crippen LogP contribution in [0.2, 0.25) is 0 Å². The molecule has 0 aliphatic carbocycles. The Morgan fingerprint density at radius 2 is 1.27 bits per heavy atom. The first-order chi connectivity index (χ1) is 14.7. The monoisotopic (exact) mass is 402 g/mol. The first-order valence-electron chi connectivity index (χ1n) is 10.8. The van der Waals surface area contributed by atoms with Crippen molar-refractivity contribution in [1.29, 1.82) is 0 Å². The summed E-state index contributed by atoms with van der Waals surface area (Å²) < 4.78 is 11.1. The number of carbonyl (C=O) groups excluding carboxylic acids is 1. The van der Waals surface area contributed by atoms with Crippen LogP contribution in [0.1, 0.15) is 55.5 Å². The fourth-order valence-corrected chi connectivity index (χ4v) is 3.15. The summed E-state index contributed by atoms with van der Waals surface area (Å²) in [6.07, 6.45) is 5.66. The molecule has 0 fully saturated rings. The number of unbranched alkanes of at least 4 members (excludes halogenated alkanes) is 2. The number of ether oxygens (including phenoxy) is 2. The van der Waals surface area contributed by atoms with E-state index in [1.54, 1.807) is 12.1 Å². The minimum atomic E-state index is -0.365. The smallest absolute Gasteiger partial charge is 0.343 e. The van der Waals surface area contributed by atoms with Crippen LogP contribution in [-0.4, -0.2) is 12.6 Å². The summed E-state index contributed by atoms with van der Waals surface area (Å²) in [5.74, 6) is 0.930. The number of hydrogen-bond acceptors (Lipinski definition) is 3. The molecule has 3 nitrogen and oxygen atoms in total. The van der Waals surface area contributed by atoms with Gasteiger partial charge in [-0.1, -0.05) is 63.1 Å². The number of benzene rings is 3. The lowest BCUT2D eigenvalue weighted by Gasteiger charge is -2.08. The maximum absolute atomic E-state index is 12.4. The molecule has 3 aromatic carbocycles. The Hall–Kier alpha value is -3.07. The molecule has 0 saturated heterocycles. The van der Waals surface area contributed by atoms with Crippen LogP contribution < -0.4 is 9.47 Å². The number of hydrogen-bond donors (Lipinski definition) is 0. The van der Waals surface area contributed by atoms with Crippen molar-refractivity contribution in [2.75, 3.05) is 6.61 Å². The molecule has 0 unspecified atom stereocenters. The van der Waals surface area contributed by atoms with Gasteiger partial charge in [0.2, 0.25) is 0 Å². The molecule has 0 bridgehead atoms. The highest BCUT2D eigenvalue weighted by Crippen LogP contribution is 2.23. The molecular weight excluding hydrogens is 372 g/mol. The van der Waals surface area contributed by atoms with Gasteiger partial charge in [0.1, 0.15) is 11.5 Å². The van der Waals surface area contributed by atoms with Crippen LogP contribution in [0.15, 0.2) is 72.8 Å². The third-order valence-electron chi connectivity index (χ3n) is 5.03. The van der Waals surface area contributed by atoms with Crippen molar-refractivity contribution in [2.45, 2.75) is 46.0 Å². The van der Waals surface area contributed by atoms with Gasteiger partial charge in [0.25, 0.3) is 0 Å². The Kier molecular flexibility index (Phi) is 8.08. The van der Waals surface area contributed by atoms with Crippen molar-refractivity contribution in [3.05, 3.63) is 83.9 Å². The van der Waals surface area contributed by atoms with Gasteiger partial charge in [0, 0.05) is 0 Å². The van der Waals surface area contributed by atoms with Crippen molar-refractivity contribution < 1.29 is 14.3 Å². The quantitative estimate of drug-likeness (QED) is 0.206. The average Bonchev–Trinajstić information content (AvgIpc) is 2.79. The largest absolute Gasteiger partial charge is 0.494 e. The molecule has 3 rings (SSSR count). The van der Waals surface area contributed by atoms with Crippen molar-refractivity contribution in [3.63, 3.8) is 0 Å². The van der Waals surface area contributed by atoms with E-state index in [2.05, 4.69) is 38.1 Å². The fraction of sp³-hybridized carbons (Fsp3) is 0.296. The van der Waals surface area contributed by atoms with E-state index in [1.807, 2.05) is 36.4 Å². The predicted octanol–water partition coefficient (Wildman–Crippen LogP) is 7.09. The molecule has 0 radical (unpaired) electrons. The second-order valence-corrected chi connectivity index (χ2v) is 7.44. The van der Waals surface area contributed by atoms with E-state index in [4.69, 9.17) is 9.47 Å². The van der Waals surface area contributed by atoms with Gasteiger partial charge in [0.15, 0.2) is 0 Å². The zero-order valence-electron chi connectivity index (χ0n) is 17.9. The van der Waals surface area contributed by atoms with E-state index < -0.39 is 0 Å². The molecular formula is C27H30O3. The van der Waals surface area contributed by atoms with Crippen LogP contribution in [0.5, 0.6) is 11.5 Å². The Morgan fingerprint density at radius 3 is 1.87 bits per heavy atom. The first kappa shape index (κ1) is 21.6. The molecule has 30 heavy (non-hydrogen) atoms. The van der Waals surface area contributed by atoms with Crippen LogP contribution >= 0.6 is 0 Å². The Morgan fingerprint density at radius 1 is 0.700 bits per heavy atom. The summed E-state index contributed by atoms with van der Waals surface area (Å²) >= 11 is 0. The highest BCUT2D eigenvalue weighted by molar-refractivity contribution is 5.91. The first-order valence-corrected chi connectivity index (χ1v) is 10.8. The lowest BCUT2D eigenvalue weighted by Crippen LogP contribution is -2.08. The van der Waals surface area contributed by atoms with Crippen molar-refractivity contribution >= 4 is 5.97 Å². The van der Waals surface area contributed by atoms with Gasteiger partial charge in [-0.2, -0.15) is 0 Å². The van der Waals surface area contributed by atoms with Crippen molar-refractivity contribution in [1.82, 2.24) is 0 Å². The lowest BCUT2D eigenvalue weighted by molar-refractivity contribution is 0.0734. The highest BCUT2D eigenvalue weighted by atomic mass is 16.5. The second kappa shape index (κ2) is 11.2. The number of aryl methyl sites for hydroxylation is 1. The van der Waals surface area contributed by atoms with Gasteiger partial charge in [-0.3, -0.25) is 0 Å². The molecule has 0 N–H and O–H groups in total. The summed E-state index contributed by atoms with van der Waals surface area (Å²) in [4.78, 5) is 12.4. The molecule has 0 aliphatic rings. The zero-order valence-corrected chi connectivity index (χ0v) is 17.9. The van der Waals surface area contributed by atoms with Crippen LogP contribution in [0.4, 0.5) is 0 Å². The maximum atomic E-state index is 12.4. The molecule has 3 aromatic rings. The standard InChI is InChI=1S/C27H30O3/c1-3-5-7-21-8-10-22(11-9-21)23-12-14-24(15-13-23)27(28)30-26-18-16-25(17-19-26)29-20-6-4-2/h8-19H,3-7,20H2,1-2H3. The van der Waals surface area contributed by atoms with E-state index in [9.17, 15) is 4.79 Å². The zero-order chi connectivity index (χ0) is 21.2. The Bertz CT molecular complexity index is 910. The predicted molar refractivity (Wildman–Crippen MR) is 122 cm³/mol. The molecule has 0 heterocycles. The van der Waals surface area contributed by atoms with E-state index >= 15 is 0 Å². The molecule has 0 aromatic heterocycles. The summed E-state index contributed by atoms with van der Waals surface area (Å²) in [5.41, 5.74) is 4.13. The topological polar surface area (TPSA) is 35.5 Å². The van der Waals surface area contributed by atoms with Crippen LogP contribution in [-0.2, 0) is 6.42 Å². The van der Waals surface area contributed by atoms with Crippen LogP contribution in [0.3, 0.4) is 0 Å². The minimum absolute atomic E-state index is 0.365. The molecule has 0 spiro atoms. The second-order valence-electron chi connectivity index (χ2n) is 7.44. The minimum Gasteiger partial charge on any atom is -0.494 e. The van der Waals surface area contributed by atoms with Crippen molar-refractivity contribution in [3.8, 4) is 22.6 Å². The molecule has 0 aliphatic heterocycles. The molecule has 3 heteroatoms. The van der Waals surface area contributed by atoms with Gasteiger partial charge in [-0.15, -0.1) is 0 Å². The third-order valence-corrected chi connectivity index (χ3v) is 5.03. The normalized spacial score (nSPS) is 10.6. The summed E-state index contributed by atoms with van der Waals surface area (Å²) in [6, 6.07) is 23.4. The van der Waals surface area contributed by atoms with Crippen LogP contribution in [0, 0.1) is 0 Å². The summed E-state index contributed by atoms with van der Waals surface area (Å²) in [7, 11) is 0. The summed E-state index contributed by atoms with van der Waals surface area (Å²) in [5, 5.41) is 0. The molecule has 156 valence electrons. The molecule has 0 atom stereocenters. The van der Waals surface area contributed by atoms with Gasteiger partial charge in [-0.25, -0.2) is 4.79 Å². The van der Waals surface area contributed by atoms with Gasteiger partial charge < -0.3 is 9.47 Å².